The normalized spacial score (nSPS) is 16.3. The van der Waals surface area contributed by atoms with Gasteiger partial charge < -0.3 is 10.1 Å². The van der Waals surface area contributed by atoms with Crippen LogP contribution in [0.25, 0.3) is 0 Å². The van der Waals surface area contributed by atoms with Crippen LogP contribution < -0.4 is 15.0 Å². The van der Waals surface area contributed by atoms with Crippen LogP contribution in [0.3, 0.4) is 0 Å². The van der Waals surface area contributed by atoms with E-state index in [0.717, 1.165) is 37.3 Å². The second-order valence-electron chi connectivity index (χ2n) is 8.75. The monoisotopic (exact) mass is 463 g/mol. The summed E-state index contributed by atoms with van der Waals surface area (Å²) < 4.78 is 18.6. The van der Waals surface area contributed by atoms with Crippen LogP contribution in [0.4, 0.5) is 10.2 Å². The predicted molar refractivity (Wildman–Crippen MR) is 130 cm³/mol. The maximum absolute atomic E-state index is 13.0. The number of carbonyl (C=O) groups excluding carboxylic acids is 1. The molecule has 4 rings (SSSR count). The largest absolute Gasteiger partial charge is 0.439 e. The van der Waals surface area contributed by atoms with Gasteiger partial charge in [0.05, 0.1) is 6.42 Å². The predicted octanol–water partition coefficient (Wildman–Crippen LogP) is 3.72. The van der Waals surface area contributed by atoms with Crippen LogP contribution in [0.1, 0.15) is 23.6 Å². The van der Waals surface area contributed by atoms with E-state index in [1.807, 2.05) is 12.3 Å². The Labute approximate surface area is 199 Å². The van der Waals surface area contributed by atoms with Gasteiger partial charge in [-0.25, -0.2) is 14.4 Å². The molecule has 2 aromatic heterocycles. The van der Waals surface area contributed by atoms with E-state index in [0.29, 0.717) is 23.5 Å². The lowest BCUT2D eigenvalue weighted by atomic mass is 10.1. The molecule has 0 saturated carbocycles. The molecule has 7 nitrogen and oxygen atoms in total. The lowest BCUT2D eigenvalue weighted by Crippen LogP contribution is -2.48. The summed E-state index contributed by atoms with van der Waals surface area (Å²) in [6, 6.07) is 11.7. The molecule has 0 spiro atoms. The maximum atomic E-state index is 13.0. The Bertz CT molecular complexity index is 1120. The Kier molecular flexibility index (Phi) is 7.49. The van der Waals surface area contributed by atoms with Crippen molar-refractivity contribution < 1.29 is 13.9 Å². The first kappa shape index (κ1) is 23.8. The molecule has 3 aromatic rings. The summed E-state index contributed by atoms with van der Waals surface area (Å²) in [5, 5.41) is 3.46. The van der Waals surface area contributed by atoms with Crippen molar-refractivity contribution in [1.29, 1.82) is 0 Å². The van der Waals surface area contributed by atoms with Crippen molar-refractivity contribution in [2.75, 3.05) is 31.6 Å². The van der Waals surface area contributed by atoms with Crippen LogP contribution in [0.5, 0.6) is 11.6 Å². The molecule has 34 heavy (non-hydrogen) atoms. The summed E-state index contributed by atoms with van der Waals surface area (Å²) in [7, 11) is 1.74. The third-order valence-electron chi connectivity index (χ3n) is 5.96. The summed E-state index contributed by atoms with van der Waals surface area (Å²) in [5.74, 6) is 1.09. The lowest BCUT2D eigenvalue weighted by Gasteiger charge is -2.32. The zero-order valence-corrected chi connectivity index (χ0v) is 19.8. The molecule has 3 heterocycles. The van der Waals surface area contributed by atoms with Crippen LogP contribution in [0.15, 0.2) is 54.9 Å². The quantitative estimate of drug-likeness (QED) is 0.576. The number of aromatic nitrogens is 2. The van der Waals surface area contributed by atoms with Gasteiger partial charge in [0.2, 0.25) is 11.8 Å². The SMILES string of the molecule is Cc1cc(N(C)C(=O)Cc2ccc(Oc3ccc(F)cc3)nc2)ncc1CN1CCN[C@@H](C)C1. The Morgan fingerprint density at radius 3 is 2.68 bits per heavy atom. The topological polar surface area (TPSA) is 70.6 Å². The highest BCUT2D eigenvalue weighted by atomic mass is 19.1. The first-order valence-electron chi connectivity index (χ1n) is 11.4. The van der Waals surface area contributed by atoms with Gasteiger partial charge in [0.15, 0.2) is 0 Å². The van der Waals surface area contributed by atoms with E-state index in [1.54, 1.807) is 30.3 Å². The minimum absolute atomic E-state index is 0.0791. The standard InChI is InChI=1S/C26H30FN5O2/c1-18-12-24(29-15-21(18)17-32-11-10-28-19(2)16-32)31(3)26(33)13-20-4-9-25(30-14-20)34-23-7-5-22(27)6-8-23/h4-9,12,14-15,19,28H,10-11,13,16-17H2,1-3H3/t19-/m0/s1. The van der Waals surface area contributed by atoms with Crippen LogP contribution >= 0.6 is 0 Å². The fourth-order valence-electron chi connectivity index (χ4n) is 3.94. The van der Waals surface area contributed by atoms with E-state index in [-0.39, 0.29) is 18.1 Å². The minimum atomic E-state index is -0.327. The maximum Gasteiger partial charge on any atom is 0.232 e. The Morgan fingerprint density at radius 1 is 1.21 bits per heavy atom. The molecule has 8 heteroatoms. The average molecular weight is 464 g/mol. The number of rotatable bonds is 7. The number of piperazine rings is 1. The molecule has 0 radical (unpaired) electrons. The van der Waals surface area contributed by atoms with Crippen LogP contribution in [0.2, 0.25) is 0 Å². The van der Waals surface area contributed by atoms with Crippen LogP contribution in [-0.2, 0) is 17.8 Å². The molecule has 1 amide bonds. The number of amides is 1. The number of halogens is 1. The highest BCUT2D eigenvalue weighted by molar-refractivity contribution is 5.93. The van der Waals surface area contributed by atoms with Crippen LogP contribution in [0, 0.1) is 12.7 Å². The van der Waals surface area contributed by atoms with Gasteiger partial charge in [0, 0.05) is 57.7 Å². The molecule has 0 unspecified atom stereocenters. The van der Waals surface area contributed by atoms with Crippen molar-refractivity contribution in [2.45, 2.75) is 32.9 Å². The number of hydrogen-bond acceptors (Lipinski definition) is 6. The minimum Gasteiger partial charge on any atom is -0.439 e. The molecule has 1 saturated heterocycles. The highest BCUT2D eigenvalue weighted by Gasteiger charge is 2.18. The van der Waals surface area contributed by atoms with E-state index in [2.05, 4.69) is 34.0 Å². The zero-order chi connectivity index (χ0) is 24.1. The molecule has 1 atom stereocenters. The second-order valence-corrected chi connectivity index (χ2v) is 8.75. The summed E-state index contributed by atoms with van der Waals surface area (Å²) in [6.07, 6.45) is 3.69. The van der Waals surface area contributed by atoms with E-state index in [1.165, 1.54) is 29.8 Å². The number of nitrogens with one attached hydrogen (secondary N) is 1. The van der Waals surface area contributed by atoms with Crippen molar-refractivity contribution in [3.8, 4) is 11.6 Å². The average Bonchev–Trinajstić information content (AvgIpc) is 2.82. The van der Waals surface area contributed by atoms with Gasteiger partial charge in [-0.15, -0.1) is 0 Å². The number of hydrogen-bond donors (Lipinski definition) is 1. The number of benzene rings is 1. The third-order valence-corrected chi connectivity index (χ3v) is 5.96. The number of carbonyl (C=O) groups is 1. The Balaban J connectivity index is 1.34. The number of pyridine rings is 2. The van der Waals surface area contributed by atoms with E-state index >= 15 is 0 Å². The summed E-state index contributed by atoms with van der Waals surface area (Å²) in [6.45, 7) is 8.15. The number of aryl methyl sites for hydroxylation is 1. The molecule has 0 bridgehead atoms. The molecule has 1 aliphatic rings. The van der Waals surface area contributed by atoms with Gasteiger partial charge in [0.25, 0.3) is 0 Å². The third kappa shape index (κ3) is 6.15. The van der Waals surface area contributed by atoms with Crippen molar-refractivity contribution in [3.05, 3.63) is 77.4 Å². The number of nitrogens with zero attached hydrogens (tertiary/aromatic N) is 4. The van der Waals surface area contributed by atoms with Gasteiger partial charge >= 0.3 is 0 Å². The van der Waals surface area contributed by atoms with Gasteiger partial charge in [-0.3, -0.25) is 14.6 Å². The molecular weight excluding hydrogens is 433 g/mol. The molecule has 1 aliphatic heterocycles. The van der Waals surface area contributed by atoms with Gasteiger partial charge in [-0.05, 0) is 60.9 Å². The molecule has 1 aromatic carbocycles. The number of likely N-dealkylation sites (N-methyl/N-ethyl adjacent to an activating group) is 1. The fraction of sp³-hybridized carbons (Fsp3) is 0.346. The molecule has 1 fully saturated rings. The van der Waals surface area contributed by atoms with Crippen LogP contribution in [-0.4, -0.2) is 53.5 Å². The van der Waals surface area contributed by atoms with E-state index < -0.39 is 0 Å². The summed E-state index contributed by atoms with van der Waals surface area (Å²) >= 11 is 0. The lowest BCUT2D eigenvalue weighted by molar-refractivity contribution is -0.117. The molecule has 178 valence electrons. The van der Waals surface area contributed by atoms with Gasteiger partial charge in [-0.2, -0.15) is 0 Å². The van der Waals surface area contributed by atoms with Crippen molar-refractivity contribution in [1.82, 2.24) is 20.2 Å². The fourth-order valence-corrected chi connectivity index (χ4v) is 3.94. The van der Waals surface area contributed by atoms with Crippen molar-refractivity contribution in [3.63, 3.8) is 0 Å². The second kappa shape index (κ2) is 10.7. The smallest absolute Gasteiger partial charge is 0.232 e. The molecule has 1 N–H and O–H groups in total. The first-order valence-corrected chi connectivity index (χ1v) is 11.4. The molecule has 0 aliphatic carbocycles. The zero-order valence-electron chi connectivity index (χ0n) is 19.8. The highest BCUT2D eigenvalue weighted by Crippen LogP contribution is 2.21. The number of ether oxygens (including phenoxy) is 1. The van der Waals surface area contributed by atoms with Crippen molar-refractivity contribution >= 4 is 11.7 Å². The Morgan fingerprint density at radius 2 is 2.00 bits per heavy atom. The summed E-state index contributed by atoms with van der Waals surface area (Å²) in [4.78, 5) is 25.7. The molecular formula is C26H30FN5O2. The first-order chi connectivity index (χ1) is 16.4. The van der Waals surface area contributed by atoms with Gasteiger partial charge in [-0.1, -0.05) is 6.07 Å². The van der Waals surface area contributed by atoms with Crippen molar-refractivity contribution in [2.24, 2.45) is 0 Å². The Hall–Kier alpha value is -3.36. The van der Waals surface area contributed by atoms with E-state index in [9.17, 15) is 9.18 Å². The van der Waals surface area contributed by atoms with Gasteiger partial charge in [0.1, 0.15) is 17.4 Å². The number of anilines is 1. The summed E-state index contributed by atoms with van der Waals surface area (Å²) in [5.41, 5.74) is 3.07. The van der Waals surface area contributed by atoms with E-state index in [4.69, 9.17) is 4.74 Å².